The number of nitrogens with zero attached hydrogens (tertiary/aromatic N) is 2. The van der Waals surface area contributed by atoms with Crippen LogP contribution in [0.25, 0.3) is 5.52 Å². The van der Waals surface area contributed by atoms with Crippen molar-refractivity contribution in [1.29, 1.82) is 0 Å². The molecule has 3 rings (SSSR count). The Hall–Kier alpha value is -2.39. The summed E-state index contributed by atoms with van der Waals surface area (Å²) in [6.45, 7) is 3.69. The maximum atomic E-state index is 12.4. The van der Waals surface area contributed by atoms with Crippen LogP contribution in [0.1, 0.15) is 24.3 Å². The van der Waals surface area contributed by atoms with Crippen molar-refractivity contribution in [2.75, 3.05) is 0 Å². The number of aromatic nitrogens is 3. The van der Waals surface area contributed by atoms with Gasteiger partial charge < -0.3 is 4.42 Å². The molecule has 3 aromatic rings. The molecule has 0 atom stereocenters. The average molecular weight is 336 g/mol. The van der Waals surface area contributed by atoms with Crippen molar-refractivity contribution >= 4 is 15.5 Å². The van der Waals surface area contributed by atoms with E-state index in [4.69, 9.17) is 4.42 Å². The largest absolute Gasteiger partial charge is 0.465 e. The summed E-state index contributed by atoms with van der Waals surface area (Å²) in [7, 11) is -3.76. The minimum absolute atomic E-state index is 0.00831. The molecule has 0 spiro atoms. The molecular weight excluding hydrogens is 320 g/mol. The topological polar surface area (TPSA) is 109 Å². The maximum absolute atomic E-state index is 12.4. The molecule has 0 saturated heterocycles. The normalized spacial score (nSPS) is 12.1. The van der Waals surface area contributed by atoms with Crippen LogP contribution < -0.4 is 10.3 Å². The van der Waals surface area contributed by atoms with Crippen LogP contribution in [0.15, 0.2) is 38.5 Å². The molecule has 0 aliphatic heterocycles. The van der Waals surface area contributed by atoms with Crippen molar-refractivity contribution in [2.24, 2.45) is 0 Å². The molecule has 0 radical (unpaired) electrons. The molecule has 0 aliphatic rings. The first-order valence-corrected chi connectivity index (χ1v) is 8.53. The summed E-state index contributed by atoms with van der Waals surface area (Å²) in [5.74, 6) is 1.80. The van der Waals surface area contributed by atoms with Crippen molar-refractivity contribution in [1.82, 2.24) is 19.3 Å². The van der Waals surface area contributed by atoms with E-state index in [0.717, 1.165) is 0 Å². The molecular formula is C14H16N4O4S. The zero-order valence-corrected chi connectivity index (χ0v) is 13.5. The minimum Gasteiger partial charge on any atom is -0.465 e. The monoisotopic (exact) mass is 336 g/mol. The lowest BCUT2D eigenvalue weighted by Gasteiger charge is -2.02. The summed E-state index contributed by atoms with van der Waals surface area (Å²) in [5.41, 5.74) is -0.198. The first-order chi connectivity index (χ1) is 10.9. The van der Waals surface area contributed by atoms with E-state index >= 15 is 0 Å². The zero-order valence-electron chi connectivity index (χ0n) is 12.7. The second-order valence-electron chi connectivity index (χ2n) is 5.09. The van der Waals surface area contributed by atoms with E-state index in [9.17, 15) is 13.2 Å². The van der Waals surface area contributed by atoms with Crippen LogP contribution in [0.2, 0.25) is 0 Å². The second-order valence-corrected chi connectivity index (χ2v) is 6.86. The Morgan fingerprint density at radius 1 is 1.39 bits per heavy atom. The van der Waals surface area contributed by atoms with E-state index in [1.807, 2.05) is 6.92 Å². The Bertz CT molecular complexity index is 1010. The molecule has 0 bridgehead atoms. The predicted octanol–water partition coefficient (Wildman–Crippen LogP) is 0.965. The Morgan fingerprint density at radius 3 is 2.83 bits per heavy atom. The Kier molecular flexibility index (Phi) is 3.82. The fourth-order valence-corrected chi connectivity index (χ4v) is 3.29. The first kappa shape index (κ1) is 15.5. The van der Waals surface area contributed by atoms with Gasteiger partial charge in [-0.3, -0.25) is 9.20 Å². The average Bonchev–Trinajstić information content (AvgIpc) is 3.13. The highest BCUT2D eigenvalue weighted by Gasteiger charge is 2.19. The van der Waals surface area contributed by atoms with E-state index in [1.54, 1.807) is 19.1 Å². The van der Waals surface area contributed by atoms with Crippen LogP contribution in [-0.2, 0) is 23.0 Å². The Balaban J connectivity index is 1.95. The van der Waals surface area contributed by atoms with Gasteiger partial charge in [-0.25, -0.2) is 18.2 Å². The fourth-order valence-electron chi connectivity index (χ4n) is 2.28. The van der Waals surface area contributed by atoms with E-state index < -0.39 is 15.6 Å². The molecule has 122 valence electrons. The van der Waals surface area contributed by atoms with Crippen LogP contribution in [-0.4, -0.2) is 23.0 Å². The number of furan rings is 1. The zero-order chi connectivity index (χ0) is 16.6. The van der Waals surface area contributed by atoms with Crippen LogP contribution in [0.4, 0.5) is 0 Å². The van der Waals surface area contributed by atoms with E-state index in [2.05, 4.69) is 14.9 Å². The fraction of sp³-hybridized carbons (Fsp3) is 0.286. The van der Waals surface area contributed by atoms with Gasteiger partial charge in [-0.15, -0.1) is 0 Å². The summed E-state index contributed by atoms with van der Waals surface area (Å²) in [4.78, 5) is 11.8. The predicted molar refractivity (Wildman–Crippen MR) is 82.7 cm³/mol. The van der Waals surface area contributed by atoms with Crippen molar-refractivity contribution in [2.45, 2.75) is 31.7 Å². The molecule has 9 heteroatoms. The minimum atomic E-state index is -3.76. The first-order valence-electron chi connectivity index (χ1n) is 7.05. The highest BCUT2D eigenvalue weighted by atomic mass is 32.2. The molecule has 3 heterocycles. The lowest BCUT2D eigenvalue weighted by Crippen LogP contribution is -2.22. The molecule has 8 nitrogen and oxygen atoms in total. The number of rotatable bonds is 5. The van der Waals surface area contributed by atoms with Gasteiger partial charge >= 0.3 is 0 Å². The van der Waals surface area contributed by atoms with Crippen molar-refractivity contribution in [3.8, 4) is 0 Å². The molecule has 0 fully saturated rings. The lowest BCUT2D eigenvalue weighted by molar-refractivity contribution is 0.475. The maximum Gasteiger partial charge on any atom is 0.288 e. The summed E-state index contributed by atoms with van der Waals surface area (Å²) in [6, 6.07) is 4.79. The van der Waals surface area contributed by atoms with Gasteiger partial charge in [0.1, 0.15) is 27.8 Å². The van der Waals surface area contributed by atoms with Gasteiger partial charge in [0.2, 0.25) is 10.0 Å². The number of aromatic amines is 1. The standard InChI is InChI=1S/C14H16N4O4S/c1-3-13-16-17-14(19)12-6-11(8-18(12)13)23(20,21)15-7-10-5-4-9(2)22-10/h4-6,8,15H,3,7H2,1-2H3,(H,17,19). The highest BCUT2D eigenvalue weighted by Crippen LogP contribution is 2.15. The number of sulfonamides is 1. The number of H-pyrrole nitrogens is 1. The number of hydrogen-bond donors (Lipinski definition) is 2. The number of hydrogen-bond acceptors (Lipinski definition) is 5. The number of aryl methyl sites for hydroxylation is 2. The van der Waals surface area contributed by atoms with Gasteiger partial charge in [-0.1, -0.05) is 6.92 Å². The van der Waals surface area contributed by atoms with Gasteiger partial charge in [0.25, 0.3) is 5.56 Å². The van der Waals surface area contributed by atoms with E-state index in [0.29, 0.717) is 23.8 Å². The summed E-state index contributed by atoms with van der Waals surface area (Å²) in [5, 5.41) is 6.27. The summed E-state index contributed by atoms with van der Waals surface area (Å²) in [6.07, 6.45) is 1.95. The molecule has 2 N–H and O–H groups in total. The summed E-state index contributed by atoms with van der Waals surface area (Å²) < 4.78 is 34.1. The van der Waals surface area contributed by atoms with Gasteiger partial charge in [0, 0.05) is 12.6 Å². The van der Waals surface area contributed by atoms with Gasteiger partial charge in [0.15, 0.2) is 0 Å². The molecule has 0 unspecified atom stereocenters. The Morgan fingerprint density at radius 2 is 2.17 bits per heavy atom. The second kappa shape index (κ2) is 5.67. The smallest absolute Gasteiger partial charge is 0.288 e. The van der Waals surface area contributed by atoms with Crippen LogP contribution in [0.5, 0.6) is 0 Å². The molecule has 23 heavy (non-hydrogen) atoms. The van der Waals surface area contributed by atoms with Crippen LogP contribution >= 0.6 is 0 Å². The van der Waals surface area contributed by atoms with Crippen LogP contribution in [0, 0.1) is 6.92 Å². The third-order valence-corrected chi connectivity index (χ3v) is 4.82. The van der Waals surface area contributed by atoms with E-state index in [1.165, 1.54) is 16.7 Å². The molecule has 0 amide bonds. The Labute approximate surface area is 132 Å². The lowest BCUT2D eigenvalue weighted by atomic mass is 10.4. The SMILES string of the molecule is CCc1n[nH]c(=O)c2cc(S(=O)(=O)NCc3ccc(C)o3)cn12. The highest BCUT2D eigenvalue weighted by molar-refractivity contribution is 7.89. The van der Waals surface area contributed by atoms with Gasteiger partial charge in [-0.05, 0) is 25.1 Å². The third-order valence-electron chi connectivity index (χ3n) is 3.45. The van der Waals surface area contributed by atoms with E-state index in [-0.39, 0.29) is 17.0 Å². The van der Waals surface area contributed by atoms with Crippen molar-refractivity contribution in [3.63, 3.8) is 0 Å². The quantitative estimate of drug-likeness (QED) is 0.721. The van der Waals surface area contributed by atoms with Gasteiger partial charge in [-0.2, -0.15) is 5.10 Å². The number of fused-ring (bicyclic) bond motifs is 1. The number of nitrogens with one attached hydrogen (secondary N) is 2. The molecule has 0 aliphatic carbocycles. The molecule has 3 aromatic heterocycles. The molecule has 0 saturated carbocycles. The third kappa shape index (κ3) is 2.92. The molecule has 0 aromatic carbocycles. The van der Waals surface area contributed by atoms with Gasteiger partial charge in [0.05, 0.1) is 6.54 Å². The summed E-state index contributed by atoms with van der Waals surface area (Å²) >= 11 is 0. The van der Waals surface area contributed by atoms with Crippen LogP contribution in [0.3, 0.4) is 0 Å². The van der Waals surface area contributed by atoms with Crippen molar-refractivity contribution in [3.05, 3.63) is 52.1 Å². The van der Waals surface area contributed by atoms with Crippen molar-refractivity contribution < 1.29 is 12.8 Å².